The molecular weight excluding hydrogens is 236 g/mol. The van der Waals surface area contributed by atoms with Crippen molar-refractivity contribution < 1.29 is 13.2 Å². The highest BCUT2D eigenvalue weighted by molar-refractivity contribution is 5.57. The number of rotatable bonds is 4. The molecule has 0 aliphatic heterocycles. The van der Waals surface area contributed by atoms with Crippen molar-refractivity contribution in [2.24, 2.45) is 0 Å². The molecule has 1 saturated carbocycles. The minimum Gasteiger partial charge on any atom is -0.460 e. The van der Waals surface area contributed by atoms with Gasteiger partial charge in [0.1, 0.15) is 23.2 Å². The van der Waals surface area contributed by atoms with Crippen molar-refractivity contribution in [1.29, 1.82) is 0 Å². The van der Waals surface area contributed by atoms with Crippen molar-refractivity contribution in [2.75, 3.05) is 0 Å². The smallest absolute Gasteiger partial charge is 0.134 e. The van der Waals surface area contributed by atoms with Crippen LogP contribution in [-0.4, -0.2) is 6.04 Å². The lowest BCUT2D eigenvalue weighted by Crippen LogP contribution is -2.14. The van der Waals surface area contributed by atoms with Crippen LogP contribution in [-0.2, 0) is 6.54 Å². The van der Waals surface area contributed by atoms with Crippen molar-refractivity contribution in [3.8, 4) is 11.3 Å². The van der Waals surface area contributed by atoms with Gasteiger partial charge in [-0.05, 0) is 37.1 Å². The summed E-state index contributed by atoms with van der Waals surface area (Å²) in [6.07, 6.45) is 2.42. The molecule has 0 unspecified atom stereocenters. The zero-order valence-electron chi connectivity index (χ0n) is 9.75. The number of benzene rings is 1. The summed E-state index contributed by atoms with van der Waals surface area (Å²) in [6, 6.07) is 7.54. The normalized spacial score (nSPS) is 15.0. The fourth-order valence-corrected chi connectivity index (χ4v) is 1.86. The molecule has 2 aromatic rings. The van der Waals surface area contributed by atoms with E-state index in [4.69, 9.17) is 4.42 Å². The van der Waals surface area contributed by atoms with Crippen LogP contribution in [0.3, 0.4) is 0 Å². The number of hydrogen-bond acceptors (Lipinski definition) is 2. The van der Waals surface area contributed by atoms with Crippen molar-refractivity contribution in [3.63, 3.8) is 0 Å². The molecule has 1 aliphatic rings. The summed E-state index contributed by atoms with van der Waals surface area (Å²) in [7, 11) is 0. The van der Waals surface area contributed by atoms with Crippen molar-refractivity contribution in [1.82, 2.24) is 5.32 Å². The first kappa shape index (κ1) is 11.4. The van der Waals surface area contributed by atoms with Gasteiger partial charge >= 0.3 is 0 Å². The predicted octanol–water partition coefficient (Wildman–Crippen LogP) is 3.48. The summed E-state index contributed by atoms with van der Waals surface area (Å²) >= 11 is 0. The van der Waals surface area contributed by atoms with Gasteiger partial charge in [-0.2, -0.15) is 0 Å². The first-order valence-electron chi connectivity index (χ1n) is 5.99. The van der Waals surface area contributed by atoms with Gasteiger partial charge in [0.15, 0.2) is 0 Å². The third kappa shape index (κ3) is 2.59. The minimum atomic E-state index is -0.598. The molecule has 0 bridgehead atoms. The Labute approximate surface area is 104 Å². The molecule has 1 N–H and O–H groups in total. The van der Waals surface area contributed by atoms with Gasteiger partial charge in [-0.25, -0.2) is 8.78 Å². The zero-order chi connectivity index (χ0) is 12.5. The maximum absolute atomic E-state index is 13.1. The summed E-state index contributed by atoms with van der Waals surface area (Å²) in [6.45, 7) is 0.655. The van der Waals surface area contributed by atoms with Crippen LogP contribution in [0, 0.1) is 11.6 Å². The standard InChI is InChI=1S/C14H13F2NO/c15-10-5-9(6-11(16)7-10)14-4-3-13(18-14)8-17-12-1-2-12/h3-7,12,17H,1-2,8H2. The fraction of sp³-hybridized carbons (Fsp3) is 0.286. The highest BCUT2D eigenvalue weighted by Gasteiger charge is 2.20. The summed E-state index contributed by atoms with van der Waals surface area (Å²) in [5.41, 5.74) is 0.421. The lowest BCUT2D eigenvalue weighted by atomic mass is 10.1. The summed E-state index contributed by atoms with van der Waals surface area (Å²) < 4.78 is 31.7. The topological polar surface area (TPSA) is 25.2 Å². The minimum absolute atomic E-state index is 0.421. The predicted molar refractivity (Wildman–Crippen MR) is 63.9 cm³/mol. The van der Waals surface area contributed by atoms with E-state index in [0.29, 0.717) is 23.9 Å². The third-order valence-corrected chi connectivity index (χ3v) is 2.95. The molecule has 0 saturated heterocycles. The number of halogens is 2. The fourth-order valence-electron chi connectivity index (χ4n) is 1.86. The molecule has 1 aliphatic carbocycles. The Bertz CT molecular complexity index is 540. The molecule has 2 nitrogen and oxygen atoms in total. The van der Waals surface area contributed by atoms with E-state index in [2.05, 4.69) is 5.32 Å². The Morgan fingerprint density at radius 1 is 1.11 bits per heavy atom. The molecule has 1 aromatic carbocycles. The summed E-state index contributed by atoms with van der Waals surface area (Å²) in [4.78, 5) is 0. The van der Waals surface area contributed by atoms with Gasteiger partial charge in [0.05, 0.1) is 6.54 Å². The van der Waals surface area contributed by atoms with Crippen molar-refractivity contribution >= 4 is 0 Å². The lowest BCUT2D eigenvalue weighted by molar-refractivity contribution is 0.491. The highest BCUT2D eigenvalue weighted by Crippen LogP contribution is 2.25. The van der Waals surface area contributed by atoms with E-state index in [1.54, 1.807) is 6.07 Å². The Morgan fingerprint density at radius 2 is 1.83 bits per heavy atom. The van der Waals surface area contributed by atoms with E-state index < -0.39 is 11.6 Å². The second-order valence-electron chi connectivity index (χ2n) is 4.58. The molecule has 4 heteroatoms. The molecule has 18 heavy (non-hydrogen) atoms. The molecule has 0 spiro atoms. The Morgan fingerprint density at radius 3 is 2.50 bits per heavy atom. The second-order valence-corrected chi connectivity index (χ2v) is 4.58. The van der Waals surface area contributed by atoms with Gasteiger partial charge < -0.3 is 9.73 Å². The van der Waals surface area contributed by atoms with Gasteiger partial charge in [-0.15, -0.1) is 0 Å². The molecule has 94 valence electrons. The SMILES string of the molecule is Fc1cc(F)cc(-c2ccc(CNC3CC3)o2)c1. The van der Waals surface area contributed by atoms with E-state index in [-0.39, 0.29) is 0 Å². The van der Waals surface area contributed by atoms with Gasteiger partial charge in [-0.3, -0.25) is 0 Å². The lowest BCUT2D eigenvalue weighted by Gasteiger charge is -2.00. The van der Waals surface area contributed by atoms with E-state index in [1.165, 1.54) is 25.0 Å². The van der Waals surface area contributed by atoms with Crippen LogP contribution in [0.5, 0.6) is 0 Å². The van der Waals surface area contributed by atoms with Crippen LogP contribution in [0.25, 0.3) is 11.3 Å². The van der Waals surface area contributed by atoms with E-state index in [0.717, 1.165) is 11.8 Å². The van der Waals surface area contributed by atoms with E-state index >= 15 is 0 Å². The van der Waals surface area contributed by atoms with E-state index in [1.807, 2.05) is 6.07 Å². The van der Waals surface area contributed by atoms with E-state index in [9.17, 15) is 8.78 Å². The summed E-state index contributed by atoms with van der Waals surface area (Å²) in [5.74, 6) is 0.0701. The first-order valence-corrected chi connectivity index (χ1v) is 5.99. The third-order valence-electron chi connectivity index (χ3n) is 2.95. The molecule has 1 heterocycles. The van der Waals surface area contributed by atoms with Crippen LogP contribution >= 0.6 is 0 Å². The first-order chi connectivity index (χ1) is 8.70. The maximum atomic E-state index is 13.1. The zero-order valence-corrected chi connectivity index (χ0v) is 9.75. The molecular formula is C14H13F2NO. The Balaban J connectivity index is 1.78. The van der Waals surface area contributed by atoms with Crippen LogP contribution < -0.4 is 5.32 Å². The summed E-state index contributed by atoms with van der Waals surface area (Å²) in [5, 5.41) is 3.32. The number of nitrogens with one attached hydrogen (secondary N) is 1. The molecule has 1 aromatic heterocycles. The van der Waals surface area contributed by atoms with Gasteiger partial charge in [-0.1, -0.05) is 0 Å². The van der Waals surface area contributed by atoms with Crippen molar-refractivity contribution in [3.05, 3.63) is 47.7 Å². The van der Waals surface area contributed by atoms with Crippen LogP contribution in [0.2, 0.25) is 0 Å². The molecule has 0 amide bonds. The van der Waals surface area contributed by atoms with Crippen LogP contribution in [0.4, 0.5) is 8.78 Å². The quantitative estimate of drug-likeness (QED) is 0.897. The molecule has 1 fully saturated rings. The average molecular weight is 249 g/mol. The average Bonchev–Trinajstić information content (AvgIpc) is 3.02. The second kappa shape index (κ2) is 4.53. The largest absolute Gasteiger partial charge is 0.460 e. The van der Waals surface area contributed by atoms with Crippen LogP contribution in [0.1, 0.15) is 18.6 Å². The maximum Gasteiger partial charge on any atom is 0.134 e. The number of hydrogen-bond donors (Lipinski definition) is 1. The number of furan rings is 1. The molecule has 0 atom stereocenters. The van der Waals surface area contributed by atoms with Gasteiger partial charge in [0, 0.05) is 17.7 Å². The molecule has 3 rings (SSSR count). The Kier molecular flexibility index (Phi) is 2.88. The monoisotopic (exact) mass is 249 g/mol. The Hall–Kier alpha value is -1.68. The van der Waals surface area contributed by atoms with Gasteiger partial charge in [0.25, 0.3) is 0 Å². The van der Waals surface area contributed by atoms with Crippen LogP contribution in [0.15, 0.2) is 34.7 Å². The van der Waals surface area contributed by atoms with Crippen molar-refractivity contribution in [2.45, 2.75) is 25.4 Å². The highest BCUT2D eigenvalue weighted by atomic mass is 19.1. The van der Waals surface area contributed by atoms with Gasteiger partial charge in [0.2, 0.25) is 0 Å². The molecule has 0 radical (unpaired) electrons.